The van der Waals surface area contributed by atoms with Crippen molar-refractivity contribution >= 4 is 22.4 Å². The summed E-state index contributed by atoms with van der Waals surface area (Å²) in [5, 5.41) is 13.5. The maximum atomic E-state index is 13.5. The zero-order chi connectivity index (χ0) is 18.8. The van der Waals surface area contributed by atoms with Crippen LogP contribution in [0.5, 0.6) is 11.5 Å². The maximum Gasteiger partial charge on any atom is 0.146 e. The molecule has 2 aromatic carbocycles. The molecule has 2 aromatic heterocycles. The Labute approximate surface area is 155 Å². The Morgan fingerprint density at radius 2 is 2.00 bits per heavy atom. The van der Waals surface area contributed by atoms with Crippen LogP contribution in [0, 0.1) is 24.1 Å². The Balaban J connectivity index is 1.66. The second-order valence-electron chi connectivity index (χ2n) is 6.10. The quantitative estimate of drug-likeness (QED) is 0.511. The van der Waals surface area contributed by atoms with Gasteiger partial charge < -0.3 is 15.0 Å². The van der Waals surface area contributed by atoms with Gasteiger partial charge in [0.25, 0.3) is 0 Å². The number of hydrogen-bond donors (Lipinski definition) is 2. The predicted octanol–water partition coefficient (Wildman–Crippen LogP) is 5.42. The van der Waals surface area contributed by atoms with Crippen LogP contribution in [0.15, 0.2) is 60.8 Å². The highest BCUT2D eigenvalue weighted by Gasteiger charge is 2.08. The van der Waals surface area contributed by atoms with Gasteiger partial charge in [0.05, 0.1) is 0 Å². The van der Waals surface area contributed by atoms with Crippen LogP contribution in [-0.4, -0.2) is 9.97 Å². The van der Waals surface area contributed by atoms with Gasteiger partial charge >= 0.3 is 0 Å². The molecule has 4 aromatic rings. The lowest BCUT2D eigenvalue weighted by Crippen LogP contribution is -1.97. The van der Waals surface area contributed by atoms with Crippen LogP contribution in [0.25, 0.3) is 10.9 Å². The first kappa shape index (κ1) is 16.6. The highest BCUT2D eigenvalue weighted by Crippen LogP contribution is 2.29. The van der Waals surface area contributed by atoms with Gasteiger partial charge in [-0.15, -0.1) is 0 Å². The number of anilines is 2. The average molecular weight is 358 g/mol. The zero-order valence-corrected chi connectivity index (χ0v) is 14.5. The maximum absolute atomic E-state index is 13.5. The fourth-order valence-electron chi connectivity index (χ4n) is 2.77. The summed E-state index contributed by atoms with van der Waals surface area (Å²) in [7, 11) is 0. The molecule has 0 saturated heterocycles. The summed E-state index contributed by atoms with van der Waals surface area (Å²) in [5.41, 5.74) is 2.80. The molecule has 0 unspecified atom stereocenters. The van der Waals surface area contributed by atoms with E-state index in [1.807, 2.05) is 43.5 Å². The van der Waals surface area contributed by atoms with E-state index in [2.05, 4.69) is 15.3 Å². The summed E-state index contributed by atoms with van der Waals surface area (Å²) < 4.78 is 19.3. The fourth-order valence-corrected chi connectivity index (χ4v) is 2.77. The van der Waals surface area contributed by atoms with Crippen molar-refractivity contribution in [2.75, 3.05) is 5.32 Å². The van der Waals surface area contributed by atoms with Crippen LogP contribution in [-0.2, 0) is 0 Å². The highest BCUT2D eigenvalue weighted by atomic mass is 19.1. The molecule has 0 aliphatic rings. The van der Waals surface area contributed by atoms with E-state index >= 15 is 0 Å². The Morgan fingerprint density at radius 3 is 2.85 bits per heavy atom. The Bertz CT molecular complexity index is 1180. The zero-order valence-electron chi connectivity index (χ0n) is 14.5. The molecule has 6 heteroatoms. The molecule has 0 bridgehead atoms. The minimum Gasteiger partial charge on any atom is -0.457 e. The SMILES string of the molecule is Cc1ccc(F)cc1Oc1cc(C#N)nc(Nc2ccc3cc[nH]c3c2)c1. The molecule has 5 nitrogen and oxygen atoms in total. The molecule has 132 valence electrons. The molecular weight excluding hydrogens is 343 g/mol. The highest BCUT2D eigenvalue weighted by molar-refractivity contribution is 5.83. The van der Waals surface area contributed by atoms with E-state index in [1.54, 1.807) is 12.1 Å². The van der Waals surface area contributed by atoms with Gasteiger partial charge in [0, 0.05) is 35.6 Å². The van der Waals surface area contributed by atoms with Gasteiger partial charge in [0.2, 0.25) is 0 Å². The first-order valence-corrected chi connectivity index (χ1v) is 8.31. The van der Waals surface area contributed by atoms with Crippen molar-refractivity contribution in [2.24, 2.45) is 0 Å². The second-order valence-corrected chi connectivity index (χ2v) is 6.10. The molecule has 0 saturated carbocycles. The Morgan fingerprint density at radius 1 is 1.11 bits per heavy atom. The number of halogens is 1. The van der Waals surface area contributed by atoms with Crippen LogP contribution in [0.1, 0.15) is 11.3 Å². The summed E-state index contributed by atoms with van der Waals surface area (Å²) in [6.45, 7) is 1.83. The molecule has 4 rings (SSSR count). The third kappa shape index (κ3) is 3.58. The number of nitriles is 1. The van der Waals surface area contributed by atoms with Gasteiger partial charge in [-0.25, -0.2) is 9.37 Å². The van der Waals surface area contributed by atoms with Crippen molar-refractivity contribution in [1.29, 1.82) is 5.26 Å². The number of aromatic amines is 1. The monoisotopic (exact) mass is 358 g/mol. The van der Waals surface area contributed by atoms with E-state index in [0.717, 1.165) is 22.2 Å². The average Bonchev–Trinajstić information content (AvgIpc) is 3.12. The minimum atomic E-state index is -0.386. The Hall–Kier alpha value is -3.85. The van der Waals surface area contributed by atoms with Gasteiger partial charge in [-0.1, -0.05) is 12.1 Å². The van der Waals surface area contributed by atoms with Crippen molar-refractivity contribution in [1.82, 2.24) is 9.97 Å². The van der Waals surface area contributed by atoms with Crippen molar-refractivity contribution < 1.29 is 9.13 Å². The number of aryl methyl sites for hydroxylation is 1. The minimum absolute atomic E-state index is 0.199. The second kappa shape index (κ2) is 6.81. The first-order chi connectivity index (χ1) is 13.1. The van der Waals surface area contributed by atoms with E-state index in [-0.39, 0.29) is 11.5 Å². The number of fused-ring (bicyclic) bond motifs is 1. The number of H-pyrrole nitrogens is 1. The third-order valence-electron chi connectivity index (χ3n) is 4.12. The third-order valence-corrected chi connectivity index (χ3v) is 4.12. The molecule has 27 heavy (non-hydrogen) atoms. The summed E-state index contributed by atoms with van der Waals surface area (Å²) in [4.78, 5) is 7.41. The number of nitrogens with one attached hydrogen (secondary N) is 2. The van der Waals surface area contributed by atoms with Crippen molar-refractivity contribution in [3.63, 3.8) is 0 Å². The first-order valence-electron chi connectivity index (χ1n) is 8.31. The van der Waals surface area contributed by atoms with Crippen LogP contribution in [0.4, 0.5) is 15.9 Å². The molecule has 2 N–H and O–H groups in total. The molecule has 0 fully saturated rings. The van der Waals surface area contributed by atoms with E-state index in [9.17, 15) is 9.65 Å². The van der Waals surface area contributed by atoms with Crippen LogP contribution >= 0.6 is 0 Å². The van der Waals surface area contributed by atoms with Gasteiger partial charge in [-0.05, 0) is 42.1 Å². The Kier molecular flexibility index (Phi) is 4.19. The van der Waals surface area contributed by atoms with Crippen molar-refractivity contribution in [2.45, 2.75) is 6.92 Å². The summed E-state index contributed by atoms with van der Waals surface area (Å²) in [5.74, 6) is 0.870. The summed E-state index contributed by atoms with van der Waals surface area (Å²) >= 11 is 0. The van der Waals surface area contributed by atoms with Crippen LogP contribution in [0.3, 0.4) is 0 Å². The van der Waals surface area contributed by atoms with Gasteiger partial charge in [-0.3, -0.25) is 0 Å². The lowest BCUT2D eigenvalue weighted by Gasteiger charge is -2.11. The molecular formula is C21H15FN4O. The van der Waals surface area contributed by atoms with Gasteiger partial charge in [-0.2, -0.15) is 5.26 Å². The van der Waals surface area contributed by atoms with Crippen LogP contribution in [0.2, 0.25) is 0 Å². The number of nitrogens with zero attached hydrogens (tertiary/aromatic N) is 2. The summed E-state index contributed by atoms with van der Waals surface area (Å²) in [6.07, 6.45) is 1.87. The van der Waals surface area contributed by atoms with Gasteiger partial charge in [0.15, 0.2) is 0 Å². The van der Waals surface area contributed by atoms with Crippen molar-refractivity contribution in [3.05, 3.63) is 77.9 Å². The smallest absolute Gasteiger partial charge is 0.146 e. The van der Waals surface area contributed by atoms with Crippen LogP contribution < -0.4 is 10.1 Å². The lowest BCUT2D eigenvalue weighted by molar-refractivity contribution is 0.472. The predicted molar refractivity (Wildman–Crippen MR) is 102 cm³/mol. The normalized spacial score (nSPS) is 10.6. The number of pyridine rings is 1. The van der Waals surface area contributed by atoms with E-state index in [0.29, 0.717) is 17.3 Å². The number of benzene rings is 2. The molecule has 0 radical (unpaired) electrons. The standard InChI is InChI=1S/C21H15FN4O/c1-13-2-4-15(22)8-20(13)27-18-9-17(12-23)26-21(11-18)25-16-5-3-14-6-7-24-19(14)10-16/h2-11,24H,1H3,(H,25,26). The van der Waals surface area contributed by atoms with Crippen molar-refractivity contribution in [3.8, 4) is 17.6 Å². The number of ether oxygens (including phenoxy) is 1. The molecule has 0 amide bonds. The topological polar surface area (TPSA) is 73.7 Å². The number of rotatable bonds is 4. The largest absolute Gasteiger partial charge is 0.457 e. The summed E-state index contributed by atoms with van der Waals surface area (Å²) in [6, 6.07) is 17.4. The molecule has 0 aliphatic carbocycles. The van der Waals surface area contributed by atoms with Gasteiger partial charge in [0.1, 0.15) is 34.9 Å². The molecule has 0 aliphatic heterocycles. The number of hydrogen-bond acceptors (Lipinski definition) is 4. The molecule has 0 atom stereocenters. The fraction of sp³-hybridized carbons (Fsp3) is 0.0476. The lowest BCUT2D eigenvalue weighted by atomic mass is 10.2. The number of aromatic nitrogens is 2. The van der Waals surface area contributed by atoms with E-state index < -0.39 is 0 Å². The van der Waals surface area contributed by atoms with E-state index in [1.165, 1.54) is 18.2 Å². The molecule has 2 heterocycles. The molecule has 0 spiro atoms. The van der Waals surface area contributed by atoms with E-state index in [4.69, 9.17) is 4.74 Å².